The minimum absolute atomic E-state index is 0.0789. The zero-order valence-corrected chi connectivity index (χ0v) is 16.9. The van der Waals surface area contributed by atoms with E-state index in [9.17, 15) is 14.4 Å². The van der Waals surface area contributed by atoms with E-state index in [-0.39, 0.29) is 6.01 Å². The molecule has 0 saturated heterocycles. The monoisotopic (exact) mass is 422 g/mol. The molecule has 9 heteroatoms. The zero-order chi connectivity index (χ0) is 21.1. The molecule has 0 aliphatic carbocycles. The number of anilines is 1. The first kappa shape index (κ1) is 19.8. The summed E-state index contributed by atoms with van der Waals surface area (Å²) in [6.07, 6.45) is 0.429. The smallest absolute Gasteiger partial charge is 0.322 e. The van der Waals surface area contributed by atoms with Gasteiger partial charge in [-0.05, 0) is 35.6 Å². The molecule has 0 spiro atoms. The highest BCUT2D eigenvalue weighted by Crippen LogP contribution is 2.22. The van der Waals surface area contributed by atoms with Gasteiger partial charge >= 0.3 is 6.01 Å². The fourth-order valence-corrected chi connectivity index (χ4v) is 3.77. The maximum absolute atomic E-state index is 12.3. The number of carbonyl (C=O) groups is 3. The Labute approximate surface area is 176 Å². The summed E-state index contributed by atoms with van der Waals surface area (Å²) >= 11 is 1.76. The van der Waals surface area contributed by atoms with Gasteiger partial charge in [0, 0.05) is 4.90 Å². The van der Waals surface area contributed by atoms with Crippen LogP contribution in [0, 0.1) is 0 Å². The summed E-state index contributed by atoms with van der Waals surface area (Å²) in [4.78, 5) is 39.1. The molecule has 1 aliphatic heterocycles. The number of nitrogens with one attached hydrogen (secondary N) is 1. The molecule has 1 aromatic heterocycles. The average Bonchev–Trinajstić information content (AvgIpc) is 3.28. The van der Waals surface area contributed by atoms with Crippen LogP contribution in [0.2, 0.25) is 0 Å². The summed E-state index contributed by atoms with van der Waals surface area (Å²) in [5.74, 6) is -0.238. The zero-order valence-electron chi connectivity index (χ0n) is 16.1. The molecule has 0 fully saturated rings. The SMILES string of the molecule is CCSc1ccc(Cc2nnc(NC(=O)CN3C(=O)c4ccccc4C3=O)o2)cc1. The Bertz CT molecular complexity index is 1080. The van der Waals surface area contributed by atoms with Crippen LogP contribution in [0.4, 0.5) is 6.01 Å². The molecule has 1 aliphatic rings. The van der Waals surface area contributed by atoms with Crippen LogP contribution in [-0.2, 0) is 11.2 Å². The molecule has 0 bridgehead atoms. The minimum Gasteiger partial charge on any atom is -0.407 e. The Kier molecular flexibility index (Phi) is 5.62. The molecule has 0 unspecified atom stereocenters. The predicted octanol–water partition coefficient (Wildman–Crippen LogP) is 3.01. The lowest BCUT2D eigenvalue weighted by Gasteiger charge is -2.12. The van der Waals surface area contributed by atoms with Gasteiger partial charge in [-0.2, -0.15) is 0 Å². The summed E-state index contributed by atoms with van der Waals surface area (Å²) in [6.45, 7) is 1.67. The number of rotatable bonds is 7. The Morgan fingerprint density at radius 3 is 2.33 bits per heavy atom. The van der Waals surface area contributed by atoms with Gasteiger partial charge in [0.05, 0.1) is 17.5 Å². The van der Waals surface area contributed by atoms with Gasteiger partial charge in [0.2, 0.25) is 11.8 Å². The fraction of sp³-hybridized carbons (Fsp3) is 0.190. The van der Waals surface area contributed by atoms with Gasteiger partial charge in [-0.25, -0.2) is 0 Å². The molecule has 4 rings (SSSR count). The fourth-order valence-electron chi connectivity index (χ4n) is 3.11. The third-order valence-corrected chi connectivity index (χ3v) is 5.38. The maximum Gasteiger partial charge on any atom is 0.322 e. The van der Waals surface area contributed by atoms with Crippen molar-refractivity contribution >= 4 is 35.5 Å². The Hall–Kier alpha value is -3.46. The van der Waals surface area contributed by atoms with Crippen molar-refractivity contribution in [1.82, 2.24) is 15.1 Å². The number of benzene rings is 2. The highest BCUT2D eigenvalue weighted by molar-refractivity contribution is 7.99. The number of carbonyl (C=O) groups excluding carboxylic acids is 3. The second-order valence-corrected chi connectivity index (χ2v) is 7.88. The first-order chi connectivity index (χ1) is 14.5. The minimum atomic E-state index is -0.597. The number of nitrogens with zero attached hydrogens (tertiary/aromatic N) is 3. The molecule has 30 heavy (non-hydrogen) atoms. The third kappa shape index (κ3) is 4.11. The molecule has 0 atom stereocenters. The highest BCUT2D eigenvalue weighted by Gasteiger charge is 2.36. The van der Waals surface area contributed by atoms with E-state index in [0.717, 1.165) is 16.2 Å². The molecular weight excluding hydrogens is 404 g/mol. The molecule has 3 amide bonds. The van der Waals surface area contributed by atoms with Crippen molar-refractivity contribution in [3.8, 4) is 0 Å². The van der Waals surface area contributed by atoms with E-state index in [1.165, 1.54) is 4.90 Å². The maximum atomic E-state index is 12.3. The van der Waals surface area contributed by atoms with Gasteiger partial charge in [0.25, 0.3) is 11.8 Å². The van der Waals surface area contributed by atoms with E-state index >= 15 is 0 Å². The van der Waals surface area contributed by atoms with Gasteiger partial charge in [-0.15, -0.1) is 16.9 Å². The number of fused-ring (bicyclic) bond motifs is 1. The van der Waals surface area contributed by atoms with E-state index in [1.807, 2.05) is 24.3 Å². The Morgan fingerprint density at radius 2 is 1.70 bits per heavy atom. The second-order valence-electron chi connectivity index (χ2n) is 6.54. The summed E-state index contributed by atoms with van der Waals surface area (Å²) in [5.41, 5.74) is 1.58. The van der Waals surface area contributed by atoms with Gasteiger partial charge in [0.1, 0.15) is 6.54 Å². The van der Waals surface area contributed by atoms with Gasteiger partial charge in [-0.1, -0.05) is 36.3 Å². The van der Waals surface area contributed by atoms with Crippen LogP contribution in [0.1, 0.15) is 39.1 Å². The number of amides is 3. The van der Waals surface area contributed by atoms with Crippen molar-refractivity contribution in [2.75, 3.05) is 17.6 Å². The lowest BCUT2D eigenvalue weighted by molar-refractivity contribution is -0.116. The molecule has 2 heterocycles. The molecule has 3 aromatic rings. The summed E-state index contributed by atoms with van der Waals surface area (Å²) in [6, 6.07) is 14.4. The lowest BCUT2D eigenvalue weighted by Crippen LogP contribution is -2.37. The van der Waals surface area contributed by atoms with Crippen molar-refractivity contribution in [3.05, 3.63) is 71.1 Å². The largest absolute Gasteiger partial charge is 0.407 e. The van der Waals surface area contributed by atoms with Gasteiger partial charge in [0.15, 0.2) is 0 Å². The number of aromatic nitrogens is 2. The number of hydrogen-bond acceptors (Lipinski definition) is 7. The summed E-state index contributed by atoms with van der Waals surface area (Å²) in [5, 5.41) is 10.2. The number of thioether (sulfide) groups is 1. The topological polar surface area (TPSA) is 105 Å². The molecule has 8 nitrogen and oxygen atoms in total. The number of imide groups is 1. The first-order valence-electron chi connectivity index (χ1n) is 9.34. The third-order valence-electron chi connectivity index (χ3n) is 4.48. The Morgan fingerprint density at radius 1 is 1.03 bits per heavy atom. The highest BCUT2D eigenvalue weighted by atomic mass is 32.2. The van der Waals surface area contributed by atoms with Crippen molar-refractivity contribution in [2.24, 2.45) is 0 Å². The average molecular weight is 422 g/mol. The quantitative estimate of drug-likeness (QED) is 0.461. The summed E-state index contributed by atoms with van der Waals surface area (Å²) in [7, 11) is 0. The van der Waals surface area contributed by atoms with Crippen molar-refractivity contribution in [3.63, 3.8) is 0 Å². The molecule has 2 aromatic carbocycles. The van der Waals surface area contributed by atoms with Crippen LogP contribution in [0.5, 0.6) is 0 Å². The van der Waals surface area contributed by atoms with E-state index < -0.39 is 24.3 Å². The van der Waals surface area contributed by atoms with E-state index in [4.69, 9.17) is 4.42 Å². The van der Waals surface area contributed by atoms with Crippen LogP contribution in [0.25, 0.3) is 0 Å². The van der Waals surface area contributed by atoms with E-state index in [2.05, 4.69) is 22.4 Å². The van der Waals surface area contributed by atoms with Crippen LogP contribution in [0.15, 0.2) is 57.8 Å². The van der Waals surface area contributed by atoms with Crippen LogP contribution < -0.4 is 5.32 Å². The second kappa shape index (κ2) is 8.50. The molecule has 152 valence electrons. The predicted molar refractivity (Wildman–Crippen MR) is 110 cm³/mol. The van der Waals surface area contributed by atoms with E-state index in [0.29, 0.717) is 23.4 Å². The van der Waals surface area contributed by atoms with E-state index in [1.54, 1.807) is 36.0 Å². The lowest BCUT2D eigenvalue weighted by atomic mass is 10.1. The summed E-state index contributed by atoms with van der Waals surface area (Å²) < 4.78 is 5.47. The van der Waals surface area contributed by atoms with Crippen molar-refractivity contribution in [1.29, 1.82) is 0 Å². The first-order valence-corrected chi connectivity index (χ1v) is 10.3. The molecule has 0 saturated carbocycles. The van der Waals surface area contributed by atoms with Crippen LogP contribution in [-0.4, -0.2) is 45.1 Å². The standard InChI is InChI=1S/C21H18N4O4S/c1-2-30-14-9-7-13(8-10-14)11-18-23-24-21(29-18)22-17(26)12-25-19(27)15-5-3-4-6-16(15)20(25)28/h3-10H,2,11-12H2,1H3,(H,22,24,26). The normalized spacial score (nSPS) is 12.9. The van der Waals surface area contributed by atoms with Crippen LogP contribution in [0.3, 0.4) is 0 Å². The number of hydrogen-bond donors (Lipinski definition) is 1. The van der Waals surface area contributed by atoms with Gasteiger partial charge < -0.3 is 4.42 Å². The molecule has 0 radical (unpaired) electrons. The van der Waals surface area contributed by atoms with Crippen molar-refractivity contribution < 1.29 is 18.8 Å². The van der Waals surface area contributed by atoms with Crippen molar-refractivity contribution in [2.45, 2.75) is 18.2 Å². The molecule has 1 N–H and O–H groups in total. The Balaban J connectivity index is 1.35. The van der Waals surface area contributed by atoms with Crippen LogP contribution >= 0.6 is 11.8 Å². The molecular formula is C21H18N4O4S. The van der Waals surface area contributed by atoms with Gasteiger partial charge in [-0.3, -0.25) is 24.6 Å².